The fourth-order valence-corrected chi connectivity index (χ4v) is 5.66. The monoisotopic (exact) mass is 448 g/mol. The molecular formula is C25H25ClN4S. The zero-order chi connectivity index (χ0) is 21.4. The van der Waals surface area contributed by atoms with Crippen molar-refractivity contribution in [1.29, 1.82) is 0 Å². The molecule has 0 aliphatic carbocycles. The Balaban J connectivity index is 1.56. The number of para-hydroxylation sites is 1. The molecule has 0 saturated carbocycles. The molecule has 31 heavy (non-hydrogen) atoms. The summed E-state index contributed by atoms with van der Waals surface area (Å²) in [5, 5.41) is 1.47. The Kier molecular flexibility index (Phi) is 5.55. The molecule has 6 heteroatoms. The van der Waals surface area contributed by atoms with E-state index in [0.717, 1.165) is 48.6 Å². The van der Waals surface area contributed by atoms with Crippen molar-refractivity contribution in [2.24, 2.45) is 0 Å². The van der Waals surface area contributed by atoms with E-state index in [0.29, 0.717) is 5.28 Å². The second kappa shape index (κ2) is 8.48. The summed E-state index contributed by atoms with van der Waals surface area (Å²) < 4.78 is 0. The van der Waals surface area contributed by atoms with E-state index in [9.17, 15) is 0 Å². The van der Waals surface area contributed by atoms with Gasteiger partial charge in [-0.3, -0.25) is 0 Å². The van der Waals surface area contributed by atoms with Gasteiger partial charge < -0.3 is 9.80 Å². The van der Waals surface area contributed by atoms with E-state index >= 15 is 0 Å². The zero-order valence-electron chi connectivity index (χ0n) is 17.8. The van der Waals surface area contributed by atoms with Gasteiger partial charge in [-0.05, 0) is 42.6 Å². The number of thiophene rings is 1. The highest BCUT2D eigenvalue weighted by atomic mass is 35.5. The average Bonchev–Trinajstić information content (AvgIpc) is 3.18. The topological polar surface area (TPSA) is 32.3 Å². The summed E-state index contributed by atoms with van der Waals surface area (Å²) in [6.07, 6.45) is 0.961. The molecule has 4 aromatic rings. The first-order valence-corrected chi connectivity index (χ1v) is 11.9. The third-order valence-corrected chi connectivity index (χ3v) is 7.34. The minimum Gasteiger partial charge on any atom is -0.368 e. The molecular weight excluding hydrogens is 424 g/mol. The molecule has 0 radical (unpaired) electrons. The molecule has 1 aliphatic rings. The van der Waals surface area contributed by atoms with Crippen LogP contribution < -0.4 is 9.80 Å². The van der Waals surface area contributed by atoms with Crippen LogP contribution in [0.1, 0.15) is 17.4 Å². The lowest BCUT2D eigenvalue weighted by Gasteiger charge is -2.37. The van der Waals surface area contributed by atoms with Crippen molar-refractivity contribution in [2.75, 3.05) is 36.0 Å². The van der Waals surface area contributed by atoms with Crippen LogP contribution in [0.4, 0.5) is 11.5 Å². The molecule has 4 nitrogen and oxygen atoms in total. The van der Waals surface area contributed by atoms with Crippen molar-refractivity contribution in [1.82, 2.24) is 9.97 Å². The molecule has 2 aromatic carbocycles. The van der Waals surface area contributed by atoms with Crippen molar-refractivity contribution >= 4 is 44.7 Å². The number of hydrogen-bond acceptors (Lipinski definition) is 5. The Morgan fingerprint density at radius 2 is 1.58 bits per heavy atom. The maximum Gasteiger partial charge on any atom is 0.225 e. The fraction of sp³-hybridized carbons (Fsp3) is 0.280. The Hall–Kier alpha value is -2.63. The fourth-order valence-electron chi connectivity index (χ4n) is 4.32. The maximum atomic E-state index is 6.39. The van der Waals surface area contributed by atoms with E-state index < -0.39 is 0 Å². The van der Waals surface area contributed by atoms with Crippen molar-refractivity contribution in [3.8, 4) is 11.1 Å². The lowest BCUT2D eigenvalue weighted by atomic mass is 10.0. The third-order valence-electron chi connectivity index (χ3n) is 5.94. The summed E-state index contributed by atoms with van der Waals surface area (Å²) in [5.41, 5.74) is 5.03. The molecule has 158 valence electrons. The summed E-state index contributed by atoms with van der Waals surface area (Å²) in [4.78, 5) is 16.5. The van der Waals surface area contributed by atoms with Crippen LogP contribution in [0.25, 0.3) is 21.3 Å². The summed E-state index contributed by atoms with van der Waals surface area (Å²) in [6.45, 7) is 8.05. The highest BCUT2D eigenvalue weighted by Gasteiger charge is 2.25. The minimum atomic E-state index is 0.326. The lowest BCUT2D eigenvalue weighted by Crippen LogP contribution is -2.47. The number of hydrogen-bond donors (Lipinski definition) is 0. The molecule has 1 saturated heterocycles. The maximum absolute atomic E-state index is 6.39. The number of aromatic nitrogens is 2. The normalized spacial score (nSPS) is 14.4. The van der Waals surface area contributed by atoms with Crippen molar-refractivity contribution < 1.29 is 0 Å². The van der Waals surface area contributed by atoms with Gasteiger partial charge in [0.25, 0.3) is 0 Å². The largest absolute Gasteiger partial charge is 0.368 e. The summed E-state index contributed by atoms with van der Waals surface area (Å²) in [7, 11) is 0. The first-order chi connectivity index (χ1) is 15.1. The zero-order valence-corrected chi connectivity index (χ0v) is 19.4. The van der Waals surface area contributed by atoms with Gasteiger partial charge in [0, 0.05) is 42.3 Å². The van der Waals surface area contributed by atoms with Gasteiger partial charge in [-0.25, -0.2) is 4.98 Å². The number of piperazine rings is 1. The van der Waals surface area contributed by atoms with Crippen LogP contribution in [0.2, 0.25) is 5.28 Å². The molecule has 2 aromatic heterocycles. The number of fused-ring (bicyclic) bond motifs is 1. The summed E-state index contributed by atoms with van der Waals surface area (Å²) in [6, 6.07) is 19.4. The van der Waals surface area contributed by atoms with Gasteiger partial charge in [0.1, 0.15) is 10.6 Å². The van der Waals surface area contributed by atoms with Gasteiger partial charge >= 0.3 is 0 Å². The Morgan fingerprint density at radius 1 is 0.903 bits per heavy atom. The first-order valence-electron chi connectivity index (χ1n) is 10.7. The molecule has 0 N–H and O–H groups in total. The number of nitrogens with zero attached hydrogens (tertiary/aromatic N) is 4. The van der Waals surface area contributed by atoms with Crippen LogP contribution in [-0.4, -0.2) is 36.1 Å². The van der Waals surface area contributed by atoms with E-state index in [-0.39, 0.29) is 0 Å². The number of aryl methyl sites for hydroxylation is 2. The van der Waals surface area contributed by atoms with E-state index in [2.05, 4.69) is 83.2 Å². The second-order valence-corrected chi connectivity index (χ2v) is 9.35. The van der Waals surface area contributed by atoms with Crippen LogP contribution >= 0.6 is 22.9 Å². The smallest absolute Gasteiger partial charge is 0.225 e. The summed E-state index contributed by atoms with van der Waals surface area (Å²) in [5.74, 6) is 0.967. The molecule has 1 fully saturated rings. The highest BCUT2D eigenvalue weighted by Crippen LogP contribution is 2.43. The Bertz CT molecular complexity index is 1200. The number of halogens is 1. The number of anilines is 2. The predicted molar refractivity (Wildman–Crippen MR) is 133 cm³/mol. The minimum absolute atomic E-state index is 0.326. The number of rotatable bonds is 4. The van der Waals surface area contributed by atoms with Crippen LogP contribution in [-0.2, 0) is 6.42 Å². The van der Waals surface area contributed by atoms with E-state index in [1.165, 1.54) is 27.3 Å². The Morgan fingerprint density at radius 3 is 2.26 bits per heavy atom. The molecule has 0 unspecified atom stereocenters. The van der Waals surface area contributed by atoms with Crippen molar-refractivity contribution in [3.63, 3.8) is 0 Å². The van der Waals surface area contributed by atoms with Gasteiger partial charge in [-0.2, -0.15) is 4.98 Å². The van der Waals surface area contributed by atoms with Crippen molar-refractivity contribution in [2.45, 2.75) is 20.3 Å². The van der Waals surface area contributed by atoms with Crippen LogP contribution in [0.15, 0.2) is 54.6 Å². The molecule has 0 atom stereocenters. The molecule has 3 heterocycles. The van der Waals surface area contributed by atoms with E-state index in [1.807, 2.05) is 0 Å². The molecule has 1 aliphatic heterocycles. The highest BCUT2D eigenvalue weighted by molar-refractivity contribution is 7.19. The second-order valence-electron chi connectivity index (χ2n) is 7.93. The van der Waals surface area contributed by atoms with E-state index in [4.69, 9.17) is 16.6 Å². The van der Waals surface area contributed by atoms with Gasteiger partial charge in [0.05, 0.1) is 5.39 Å². The predicted octanol–water partition coefficient (Wildman–Crippen LogP) is 6.21. The standard InChI is InChI=1S/C25H25ClN4S/c1-3-20-21(18-11-9-17(2)10-12-18)22-23(27-25(26)28-24(22)31-20)30-15-13-29(14-16-30)19-7-5-4-6-8-19/h4-12H,3,13-16H2,1-2H3. The first kappa shape index (κ1) is 20.3. The van der Waals surface area contributed by atoms with Crippen LogP contribution in [0.3, 0.4) is 0 Å². The molecule has 5 rings (SSSR count). The summed E-state index contributed by atoms with van der Waals surface area (Å²) >= 11 is 8.13. The molecule has 0 spiro atoms. The van der Waals surface area contributed by atoms with Gasteiger partial charge in [-0.15, -0.1) is 11.3 Å². The van der Waals surface area contributed by atoms with Gasteiger partial charge in [-0.1, -0.05) is 55.0 Å². The molecule has 0 bridgehead atoms. The average molecular weight is 449 g/mol. The van der Waals surface area contributed by atoms with Crippen LogP contribution in [0.5, 0.6) is 0 Å². The van der Waals surface area contributed by atoms with Crippen LogP contribution in [0, 0.1) is 6.92 Å². The number of benzene rings is 2. The SMILES string of the molecule is CCc1sc2nc(Cl)nc(N3CCN(c4ccccc4)CC3)c2c1-c1ccc(C)cc1. The quantitative estimate of drug-likeness (QED) is 0.347. The van der Waals surface area contributed by atoms with Crippen molar-refractivity contribution in [3.05, 3.63) is 70.3 Å². The van der Waals surface area contributed by atoms with Gasteiger partial charge in [0.15, 0.2) is 0 Å². The molecule has 0 amide bonds. The Labute approximate surface area is 192 Å². The van der Waals surface area contributed by atoms with Gasteiger partial charge in [0.2, 0.25) is 5.28 Å². The third kappa shape index (κ3) is 3.88. The van der Waals surface area contributed by atoms with E-state index in [1.54, 1.807) is 11.3 Å². The lowest BCUT2D eigenvalue weighted by molar-refractivity contribution is 0.649.